The second kappa shape index (κ2) is 45.5. The highest BCUT2D eigenvalue weighted by atomic mass is 16.5. The van der Waals surface area contributed by atoms with Gasteiger partial charge in [0, 0.05) is 98.3 Å². The number of amides is 4. The Morgan fingerprint density at radius 3 is 1.10 bits per heavy atom. The second-order valence-electron chi connectivity index (χ2n) is 34.4. The fourth-order valence-corrected chi connectivity index (χ4v) is 15.6. The van der Waals surface area contributed by atoms with Crippen LogP contribution in [0.5, 0.6) is 5.75 Å². The highest BCUT2D eigenvalue weighted by molar-refractivity contribution is 6.03. The lowest BCUT2D eigenvalue weighted by Crippen LogP contribution is -2.13. The van der Waals surface area contributed by atoms with E-state index in [1.165, 1.54) is 17.0 Å². The average molecular weight is 1900 g/mol. The highest BCUT2D eigenvalue weighted by Gasteiger charge is 2.30. The normalized spacial score (nSPS) is 11.4. The number of nitrogens with one attached hydrogen (secondary N) is 11. The van der Waals surface area contributed by atoms with Gasteiger partial charge in [-0.25, -0.2) is 29.9 Å². The van der Waals surface area contributed by atoms with Crippen molar-refractivity contribution >= 4 is 147 Å². The van der Waals surface area contributed by atoms with E-state index in [1.54, 1.807) is 24.3 Å². The smallest absolute Gasteiger partial charge is 0.303 e. The predicted octanol–water partition coefficient (Wildman–Crippen LogP) is 25.1. The lowest BCUT2D eigenvalue weighted by Gasteiger charge is -2.08. The summed E-state index contributed by atoms with van der Waals surface area (Å²) < 4.78 is 10.5. The number of aromatic amines is 6. The molecule has 28 heteroatoms. The average Bonchev–Trinajstić information content (AvgIpc) is 1.65. The number of rotatable bonds is 27. The minimum atomic E-state index is -0.986. The van der Waals surface area contributed by atoms with Crippen molar-refractivity contribution in [3.63, 3.8) is 0 Å². The van der Waals surface area contributed by atoms with Crippen molar-refractivity contribution in [1.29, 1.82) is 0 Å². The topological polar surface area (TPSA) is 415 Å². The molecule has 4 amide bonds. The van der Waals surface area contributed by atoms with Gasteiger partial charge in [0.15, 0.2) is 11.5 Å². The molecule has 1 aliphatic carbocycles. The zero-order valence-electron chi connectivity index (χ0n) is 78.4. The zero-order valence-corrected chi connectivity index (χ0v) is 78.4. The maximum absolute atomic E-state index is 12.5. The van der Waals surface area contributed by atoms with E-state index in [2.05, 4.69) is 112 Å². The Hall–Kier alpha value is -18.7. The van der Waals surface area contributed by atoms with E-state index < -0.39 is 11.9 Å². The number of hydrogen-bond acceptors (Lipinski definition) is 16. The first kappa shape index (κ1) is 96.0. The largest absolute Gasteiger partial charge is 0.494 e. The summed E-state index contributed by atoms with van der Waals surface area (Å²) >= 11 is 0. The number of nitrogens with zero attached hydrogens (tertiary/aromatic N) is 6. The molecule has 1 saturated carbocycles. The molecule has 21 aromatic rings. The van der Waals surface area contributed by atoms with Crippen LogP contribution in [-0.4, -0.2) is 118 Å². The third-order valence-corrected chi connectivity index (χ3v) is 23.1. The number of carbonyl (C=O) groups excluding carboxylic acids is 5. The summed E-state index contributed by atoms with van der Waals surface area (Å²) in [5.41, 5.74) is 23.7. The van der Waals surface area contributed by atoms with E-state index in [9.17, 15) is 33.6 Å². The van der Waals surface area contributed by atoms with Gasteiger partial charge in [-0.2, -0.15) is 0 Å². The summed E-state index contributed by atoms with van der Waals surface area (Å²) in [5, 5.41) is 34.1. The summed E-state index contributed by atoms with van der Waals surface area (Å²) in [5.74, 6) is 4.40. The van der Waals surface area contributed by atoms with Crippen molar-refractivity contribution < 1.29 is 52.9 Å². The Kier molecular flexibility index (Phi) is 30.5. The number of carboxylic acid groups (broad SMARTS) is 2. The number of aromatic nitrogens is 12. The number of fused-ring (bicyclic) bond motifs is 7. The third kappa shape index (κ3) is 26.0. The van der Waals surface area contributed by atoms with Crippen LogP contribution in [0.3, 0.4) is 0 Å². The summed E-state index contributed by atoms with van der Waals surface area (Å²) in [6.45, 7) is 10.5. The van der Waals surface area contributed by atoms with Gasteiger partial charge in [-0.05, 0) is 279 Å². The number of furan rings is 1. The minimum Gasteiger partial charge on any atom is -0.494 e. The number of ketones is 1. The van der Waals surface area contributed by atoms with Crippen molar-refractivity contribution in [2.24, 2.45) is 11.8 Å². The number of Topliss-reactive ketones (excluding diaryl/α,β-unsaturated/α-hetero) is 1. The van der Waals surface area contributed by atoms with E-state index in [0.29, 0.717) is 54.4 Å². The molecule has 13 N–H and O–H groups in total. The molecule has 1 aliphatic rings. The van der Waals surface area contributed by atoms with Crippen LogP contribution in [0.25, 0.3) is 145 Å². The number of hydrogen-bond donors (Lipinski definition) is 13. The number of benzene rings is 14. The van der Waals surface area contributed by atoms with Gasteiger partial charge in [0.25, 0.3) is 5.91 Å². The number of anilines is 5. The first-order valence-electron chi connectivity index (χ1n) is 46.8. The number of carbonyl (C=O) groups is 7. The first-order valence-corrected chi connectivity index (χ1v) is 46.8. The molecule has 0 atom stereocenters. The number of ether oxygens (including phenoxy) is 1. The van der Waals surface area contributed by atoms with Gasteiger partial charge in [0.1, 0.15) is 40.7 Å². The molecule has 7 aromatic heterocycles. The lowest BCUT2D eigenvalue weighted by atomic mass is 10.0. The Bertz CT molecular complexity index is 7820. The predicted molar refractivity (Wildman–Crippen MR) is 564 cm³/mol. The van der Waals surface area contributed by atoms with E-state index in [4.69, 9.17) is 24.4 Å². The Morgan fingerprint density at radius 1 is 0.371 bits per heavy atom. The Labute approximate surface area is 821 Å². The van der Waals surface area contributed by atoms with Gasteiger partial charge < -0.3 is 75.9 Å². The quantitative estimate of drug-likeness (QED) is 0.0213. The van der Waals surface area contributed by atoms with Crippen LogP contribution in [0, 0.1) is 11.8 Å². The molecule has 28 nitrogen and oxygen atoms in total. The highest BCUT2D eigenvalue weighted by Crippen LogP contribution is 2.34. The summed E-state index contributed by atoms with van der Waals surface area (Å²) in [7, 11) is 0. The summed E-state index contributed by atoms with van der Waals surface area (Å²) in [4.78, 5) is 128. The Balaban J connectivity index is 0.000000118. The van der Waals surface area contributed by atoms with Gasteiger partial charge >= 0.3 is 11.9 Å². The van der Waals surface area contributed by atoms with Crippen LogP contribution in [0.1, 0.15) is 92.2 Å². The maximum atomic E-state index is 12.5. The van der Waals surface area contributed by atoms with Crippen molar-refractivity contribution in [2.45, 2.75) is 72.1 Å². The van der Waals surface area contributed by atoms with Crippen molar-refractivity contribution in [3.05, 3.63) is 375 Å². The molecule has 0 saturated heterocycles. The number of aliphatic carboxylic acids is 2. The monoisotopic (exact) mass is 1900 g/mol. The third-order valence-electron chi connectivity index (χ3n) is 23.1. The van der Waals surface area contributed by atoms with E-state index in [1.807, 2.05) is 312 Å². The number of H-pyrrole nitrogens is 6. The summed E-state index contributed by atoms with van der Waals surface area (Å²) in [6, 6.07) is 109. The number of allylic oxidation sites excluding steroid dienone is 1. The van der Waals surface area contributed by atoms with E-state index in [0.717, 1.165) is 176 Å². The molecule has 712 valence electrons. The van der Waals surface area contributed by atoms with E-state index in [-0.39, 0.29) is 60.4 Å². The molecule has 0 radical (unpaired) electrons. The molecular formula is C115H101N17O11. The molecule has 22 rings (SSSR count). The van der Waals surface area contributed by atoms with Crippen LogP contribution < -0.4 is 31.3 Å². The minimum absolute atomic E-state index is 0.0410. The number of carboxylic acids is 2. The van der Waals surface area contributed by atoms with Gasteiger partial charge in [0.2, 0.25) is 17.7 Å². The Morgan fingerprint density at radius 2 is 0.720 bits per heavy atom. The van der Waals surface area contributed by atoms with Gasteiger partial charge in [-0.15, -0.1) is 0 Å². The molecule has 14 aromatic carbocycles. The van der Waals surface area contributed by atoms with Gasteiger partial charge in [0.05, 0.1) is 91.9 Å². The van der Waals surface area contributed by atoms with Gasteiger partial charge in [-0.3, -0.25) is 33.6 Å². The van der Waals surface area contributed by atoms with Crippen LogP contribution in [0.4, 0.5) is 28.4 Å². The van der Waals surface area contributed by atoms with Crippen molar-refractivity contribution in [3.8, 4) is 74.1 Å². The molecule has 1 fully saturated rings. The van der Waals surface area contributed by atoms with Gasteiger partial charge in [-0.1, -0.05) is 130 Å². The first-order chi connectivity index (χ1) is 69.6. The maximum Gasteiger partial charge on any atom is 0.303 e. The fourth-order valence-electron chi connectivity index (χ4n) is 15.6. The molecular weight excluding hydrogens is 1800 g/mol. The van der Waals surface area contributed by atoms with Crippen LogP contribution in [-0.2, 0) is 30.4 Å². The molecule has 0 spiro atoms. The number of para-hydroxylation sites is 10. The molecule has 0 aliphatic heterocycles. The molecule has 0 unspecified atom stereocenters. The summed E-state index contributed by atoms with van der Waals surface area (Å²) in [6.07, 6.45) is 4.65. The molecule has 7 heterocycles. The van der Waals surface area contributed by atoms with Crippen LogP contribution in [0.2, 0.25) is 0 Å². The van der Waals surface area contributed by atoms with Crippen LogP contribution in [0.15, 0.2) is 363 Å². The zero-order chi connectivity index (χ0) is 99.1. The molecule has 0 bridgehead atoms. The molecule has 143 heavy (non-hydrogen) atoms. The second-order valence-corrected chi connectivity index (χ2v) is 34.4. The number of imidazole rings is 6. The lowest BCUT2D eigenvalue weighted by molar-refractivity contribution is -0.138. The standard InChI is InChI=1S/C23H20N2O2.C22H19N3O2.C18H13N3O2.C18H19N3O.C17H15N3O3.C17H15N3O/c1-2-27-19-13-11-17(12-14-19)22(26)15-16-7-9-18(10-8-16)23-24-20-5-3-4-6-21(20)25-23;1-14(6-11-21(26)27)23-18-9-7-15(8-10-18)22-24-19-12-16-4-2-3-5-17(16)13-20(19)25-22;22-18(16-6-3-11-23-16)19-13-9-7-12(8-10-13)17-20-14-4-1-2-5-15(14)21-17;1-12(2)11-17(22)19-14-9-7-13(8-10-14)18-20-15-5-3-4-6-16(15)21-18;21-15(9-10-16(22)23)18-12-7-5-11(6-8-12)17-19-13-3-1-2-4-14(13)20-17;21-17(12-5-6-12)18-13-9-7-11(8-10-13)16-19-14-3-1-2-4-15(14)20-16/h3-14H,2,15H2,1H3,(H,24,25);2-5,7-10,12-13,23H,1,6,11H2,(H,24,25)(H,26,27);1-11H,(H,19,22)(H,20,21);3-10,12H,11H2,1-2H3,(H,19,22)(H,20,21);1-8H,9-10H2,(H,18,21)(H,19,20)(H,22,23);1-4,7-10,12H,5-6H2,(H,18,21)(H,19,20). The van der Waals surface area contributed by atoms with Crippen LogP contribution >= 0.6 is 0 Å². The fraction of sp³-hybridized carbons (Fsp3) is 0.122. The SMILES string of the molecule is C=C(CCC(=O)O)Nc1ccc(-c2nc3cc4ccccc4cc3[nH]2)cc1.CC(C)CC(=O)Nc1ccc(-c2nc3ccccc3[nH]2)cc1.CCOc1ccc(C(=O)Cc2ccc(-c3nc4ccccc4[nH]3)cc2)cc1.O=C(Nc1ccc(-c2nc3ccccc3[nH]2)cc1)C1CC1.O=C(Nc1ccc(-c2nc3ccccc3[nH]2)cc1)c1ccco1.O=C(O)CCC(=O)Nc1ccc(-c2nc3ccccc3[nH]2)cc1. The van der Waals surface area contributed by atoms with Crippen molar-refractivity contribution in [2.75, 3.05) is 33.2 Å². The van der Waals surface area contributed by atoms with Crippen molar-refractivity contribution in [1.82, 2.24) is 59.8 Å². The van der Waals surface area contributed by atoms with E-state index >= 15 is 0 Å².